The summed E-state index contributed by atoms with van der Waals surface area (Å²) >= 11 is 0. The number of ether oxygens (including phenoxy) is 1. The predicted octanol–water partition coefficient (Wildman–Crippen LogP) is 0.721. The zero-order valence-electron chi connectivity index (χ0n) is 24.8. The van der Waals surface area contributed by atoms with Crippen LogP contribution in [-0.4, -0.2) is 112 Å². The lowest BCUT2D eigenvalue weighted by atomic mass is 9.93. The first kappa shape index (κ1) is 29.6. The van der Waals surface area contributed by atoms with Crippen LogP contribution in [-0.2, 0) is 19.2 Å². The molecule has 13 heteroatoms. The molecule has 3 heterocycles. The number of para-hydroxylation sites is 1. The number of amides is 5. The van der Waals surface area contributed by atoms with E-state index in [9.17, 15) is 24.0 Å². The first-order valence-electron chi connectivity index (χ1n) is 15.6. The molecule has 1 aromatic heterocycles. The maximum atomic E-state index is 13.2. The number of benzene rings is 1. The van der Waals surface area contributed by atoms with Crippen molar-refractivity contribution < 1.29 is 28.7 Å². The molecular weight excluding hydrogens is 566 g/mol. The molecule has 1 aromatic carbocycles. The number of likely N-dealkylation sites (tertiary alicyclic amines) is 1. The fourth-order valence-corrected chi connectivity index (χ4v) is 5.86. The zero-order chi connectivity index (χ0) is 30.6. The van der Waals surface area contributed by atoms with Crippen molar-refractivity contribution in [3.63, 3.8) is 0 Å². The second kappa shape index (κ2) is 13.1. The van der Waals surface area contributed by atoms with Crippen molar-refractivity contribution in [3.05, 3.63) is 42.1 Å². The standard InChI is InChI=1S/C31H39N7O6/c39-26(35-14-16-36(17-15-35)31(43)21-11-12-21)19-32-29(41)24-18-28(38(34-24)23-8-2-1-3-9-23)44-20-27(40)37-13-5-10-25(37)30(42)33-22-6-4-7-22/h1-3,8-9,18,21-22,25H,4-7,10-17,19-20H2,(H,32,41)(H,33,42)/t25-/m0/s1. The van der Waals surface area contributed by atoms with Gasteiger partial charge in [-0.15, -0.1) is 0 Å². The van der Waals surface area contributed by atoms with Crippen LogP contribution in [0.3, 0.4) is 0 Å². The summed E-state index contributed by atoms with van der Waals surface area (Å²) in [6, 6.07) is 10.2. The fraction of sp³-hybridized carbons (Fsp3) is 0.548. The van der Waals surface area contributed by atoms with Gasteiger partial charge in [0.15, 0.2) is 12.3 Å². The lowest BCUT2D eigenvalue weighted by Gasteiger charge is -2.35. The summed E-state index contributed by atoms with van der Waals surface area (Å²) in [5.74, 6) is -0.702. The van der Waals surface area contributed by atoms with E-state index >= 15 is 0 Å². The molecular formula is C31H39N7O6. The molecule has 0 radical (unpaired) electrons. The van der Waals surface area contributed by atoms with Gasteiger partial charge in [-0.05, 0) is 57.1 Å². The number of nitrogens with one attached hydrogen (secondary N) is 2. The minimum absolute atomic E-state index is 0.0304. The monoisotopic (exact) mass is 605 g/mol. The Morgan fingerprint density at radius 2 is 1.57 bits per heavy atom. The van der Waals surface area contributed by atoms with Crippen molar-refractivity contribution in [2.24, 2.45) is 5.92 Å². The third-order valence-corrected chi connectivity index (χ3v) is 8.85. The van der Waals surface area contributed by atoms with E-state index in [1.165, 1.54) is 10.7 Å². The molecule has 0 spiro atoms. The zero-order valence-corrected chi connectivity index (χ0v) is 24.8. The molecule has 2 saturated carbocycles. The fourth-order valence-electron chi connectivity index (χ4n) is 5.86. The van der Waals surface area contributed by atoms with Gasteiger partial charge >= 0.3 is 0 Å². The molecule has 2 N–H and O–H groups in total. The van der Waals surface area contributed by atoms with Gasteiger partial charge in [-0.3, -0.25) is 24.0 Å². The number of carbonyl (C=O) groups is 5. The number of hydrogen-bond donors (Lipinski definition) is 2. The number of piperazine rings is 1. The quantitative estimate of drug-likeness (QED) is 0.406. The van der Waals surface area contributed by atoms with E-state index in [2.05, 4.69) is 15.7 Å². The molecule has 4 fully saturated rings. The molecule has 2 saturated heterocycles. The summed E-state index contributed by atoms with van der Waals surface area (Å²) in [7, 11) is 0. The van der Waals surface area contributed by atoms with Crippen LogP contribution < -0.4 is 15.4 Å². The normalized spacial score (nSPS) is 20.2. The van der Waals surface area contributed by atoms with Crippen LogP contribution in [0.1, 0.15) is 55.4 Å². The van der Waals surface area contributed by atoms with E-state index < -0.39 is 11.9 Å². The van der Waals surface area contributed by atoms with E-state index in [-0.39, 0.29) is 60.3 Å². The van der Waals surface area contributed by atoms with E-state index in [1.54, 1.807) is 21.9 Å². The molecule has 4 aliphatic rings. The van der Waals surface area contributed by atoms with Crippen molar-refractivity contribution in [2.45, 2.75) is 57.0 Å². The Kier molecular flexibility index (Phi) is 8.80. The van der Waals surface area contributed by atoms with E-state index in [4.69, 9.17) is 4.74 Å². The van der Waals surface area contributed by atoms with Gasteiger partial charge in [0, 0.05) is 50.7 Å². The topological polar surface area (TPSA) is 146 Å². The Bertz CT molecular complexity index is 1400. The number of carbonyl (C=O) groups excluding carboxylic acids is 5. The van der Waals surface area contributed by atoms with Crippen LogP contribution in [0.4, 0.5) is 0 Å². The smallest absolute Gasteiger partial charge is 0.272 e. The summed E-state index contributed by atoms with van der Waals surface area (Å²) in [6.07, 6.45) is 6.32. The third kappa shape index (κ3) is 6.71. The predicted molar refractivity (Wildman–Crippen MR) is 158 cm³/mol. The van der Waals surface area contributed by atoms with Gasteiger partial charge in [0.2, 0.25) is 23.6 Å². The highest BCUT2D eigenvalue weighted by Gasteiger charge is 2.37. The molecule has 2 aromatic rings. The number of hydrogen-bond acceptors (Lipinski definition) is 7. The van der Waals surface area contributed by atoms with Crippen LogP contribution >= 0.6 is 0 Å². The van der Waals surface area contributed by atoms with Crippen molar-refractivity contribution in [2.75, 3.05) is 45.9 Å². The van der Waals surface area contributed by atoms with Crippen molar-refractivity contribution in [1.29, 1.82) is 0 Å². The van der Waals surface area contributed by atoms with Gasteiger partial charge < -0.3 is 30.1 Å². The van der Waals surface area contributed by atoms with E-state index in [1.807, 2.05) is 23.1 Å². The van der Waals surface area contributed by atoms with Gasteiger partial charge in [-0.25, -0.2) is 4.68 Å². The molecule has 5 amide bonds. The van der Waals surface area contributed by atoms with Crippen LogP contribution in [0.5, 0.6) is 5.88 Å². The summed E-state index contributed by atoms with van der Waals surface area (Å²) in [5, 5.41) is 10.1. The van der Waals surface area contributed by atoms with Gasteiger partial charge in [0.25, 0.3) is 11.8 Å². The Morgan fingerprint density at radius 1 is 0.841 bits per heavy atom. The second-order valence-electron chi connectivity index (χ2n) is 11.9. The molecule has 13 nitrogen and oxygen atoms in total. The Balaban J connectivity index is 1.05. The van der Waals surface area contributed by atoms with Gasteiger partial charge in [-0.2, -0.15) is 5.10 Å². The highest BCUT2D eigenvalue weighted by Crippen LogP contribution is 2.31. The molecule has 6 rings (SSSR count). The van der Waals surface area contributed by atoms with Crippen molar-refractivity contribution in [3.8, 4) is 11.6 Å². The largest absolute Gasteiger partial charge is 0.467 e. The average Bonchev–Trinajstić information content (AvgIpc) is 3.59. The lowest BCUT2D eigenvalue weighted by Crippen LogP contribution is -2.53. The number of nitrogens with zero attached hydrogens (tertiary/aromatic N) is 5. The van der Waals surface area contributed by atoms with Crippen molar-refractivity contribution >= 4 is 29.5 Å². The van der Waals surface area contributed by atoms with Crippen molar-refractivity contribution in [1.82, 2.24) is 35.1 Å². The molecule has 0 bridgehead atoms. The minimum Gasteiger partial charge on any atom is -0.467 e. The Morgan fingerprint density at radius 3 is 2.25 bits per heavy atom. The summed E-state index contributed by atoms with van der Waals surface area (Å²) in [4.78, 5) is 69.1. The molecule has 2 aliphatic heterocycles. The summed E-state index contributed by atoms with van der Waals surface area (Å²) in [6.45, 7) is 1.82. The SMILES string of the molecule is O=C(NCC(=O)N1CCN(C(=O)C2CC2)CC1)c1cc(OCC(=O)N2CCC[C@H]2C(=O)NC2CCC2)n(-c2ccccc2)n1. The van der Waals surface area contributed by atoms with E-state index in [0.717, 1.165) is 38.5 Å². The number of aromatic nitrogens is 2. The molecule has 234 valence electrons. The Labute approximate surface area is 255 Å². The second-order valence-corrected chi connectivity index (χ2v) is 11.9. The maximum absolute atomic E-state index is 13.2. The maximum Gasteiger partial charge on any atom is 0.272 e. The highest BCUT2D eigenvalue weighted by atomic mass is 16.5. The van der Waals surface area contributed by atoms with Crippen LogP contribution in [0.15, 0.2) is 36.4 Å². The van der Waals surface area contributed by atoms with Crippen LogP contribution in [0.2, 0.25) is 0 Å². The summed E-state index contributed by atoms with van der Waals surface area (Å²) < 4.78 is 7.34. The van der Waals surface area contributed by atoms with E-state index in [0.29, 0.717) is 44.8 Å². The van der Waals surface area contributed by atoms with Gasteiger partial charge in [0.1, 0.15) is 6.04 Å². The van der Waals surface area contributed by atoms with Crippen LogP contribution in [0, 0.1) is 5.92 Å². The first-order valence-corrected chi connectivity index (χ1v) is 15.6. The molecule has 1 atom stereocenters. The van der Waals surface area contributed by atoms with Gasteiger partial charge in [0.05, 0.1) is 12.2 Å². The molecule has 44 heavy (non-hydrogen) atoms. The highest BCUT2D eigenvalue weighted by molar-refractivity contribution is 5.95. The minimum atomic E-state index is -0.556. The molecule has 2 aliphatic carbocycles. The summed E-state index contributed by atoms with van der Waals surface area (Å²) in [5.41, 5.74) is 0.658. The number of rotatable bonds is 10. The van der Waals surface area contributed by atoms with Gasteiger partial charge in [-0.1, -0.05) is 18.2 Å². The third-order valence-electron chi connectivity index (χ3n) is 8.85. The molecule has 0 unspecified atom stereocenters. The Hall–Kier alpha value is -4.42. The average molecular weight is 606 g/mol. The lowest BCUT2D eigenvalue weighted by molar-refractivity contribution is -0.140. The first-order chi connectivity index (χ1) is 21.4. The van der Waals surface area contributed by atoms with Crippen LogP contribution in [0.25, 0.3) is 5.69 Å².